The zero-order chi connectivity index (χ0) is 12.0. The molecule has 0 amide bonds. The Bertz CT molecular complexity index is 367. The van der Waals surface area contributed by atoms with Gasteiger partial charge in [0.1, 0.15) is 5.75 Å². The summed E-state index contributed by atoms with van der Waals surface area (Å²) in [4.78, 5) is 0. The van der Waals surface area contributed by atoms with E-state index < -0.39 is 0 Å². The maximum absolute atomic E-state index is 8.89. The fraction of sp³-hybridized carbons (Fsp3) is 0.500. The van der Waals surface area contributed by atoms with E-state index in [1.807, 2.05) is 18.2 Å². The molecule has 0 aliphatic heterocycles. The lowest BCUT2D eigenvalue weighted by molar-refractivity contribution is 0.410. The van der Waals surface area contributed by atoms with E-state index in [1.54, 1.807) is 7.11 Å². The molecule has 0 spiro atoms. The number of nitrogens with zero attached hydrogens (tertiary/aromatic N) is 1. The molecule has 0 aliphatic rings. The average Bonchev–Trinajstić information content (AvgIpc) is 2.35. The van der Waals surface area contributed by atoms with Crippen molar-refractivity contribution >= 4 is 0 Å². The molecule has 0 saturated heterocycles. The minimum atomic E-state index is 0.310. The molecule has 2 atom stereocenters. The van der Waals surface area contributed by atoms with Crippen molar-refractivity contribution in [3.05, 3.63) is 29.8 Å². The highest BCUT2D eigenvalue weighted by molar-refractivity contribution is 5.31. The van der Waals surface area contributed by atoms with Crippen molar-refractivity contribution in [2.75, 3.05) is 7.11 Å². The lowest BCUT2D eigenvalue weighted by Crippen LogP contribution is -2.08. The zero-order valence-electron chi connectivity index (χ0n) is 10.2. The molecule has 0 heterocycles. The Morgan fingerprint density at radius 3 is 2.75 bits per heavy atom. The third-order valence-corrected chi connectivity index (χ3v) is 3.16. The predicted octanol–water partition coefficient (Wildman–Crippen LogP) is 3.74. The van der Waals surface area contributed by atoms with Crippen LogP contribution in [0.2, 0.25) is 0 Å². The number of ether oxygens (including phenoxy) is 1. The first-order valence-electron chi connectivity index (χ1n) is 5.73. The maximum Gasteiger partial charge on any atom is 0.119 e. The lowest BCUT2D eigenvalue weighted by Gasteiger charge is -2.21. The van der Waals surface area contributed by atoms with E-state index in [-0.39, 0.29) is 0 Å². The van der Waals surface area contributed by atoms with Gasteiger partial charge in [0.2, 0.25) is 0 Å². The molecule has 1 aromatic carbocycles. The summed E-state index contributed by atoms with van der Waals surface area (Å²) in [7, 11) is 1.67. The first kappa shape index (κ1) is 12.6. The fourth-order valence-electron chi connectivity index (χ4n) is 1.90. The number of methoxy groups -OCH3 is 1. The third-order valence-electron chi connectivity index (χ3n) is 3.16. The number of hydrogen-bond donors (Lipinski definition) is 0. The summed E-state index contributed by atoms with van der Waals surface area (Å²) in [6.07, 6.45) is 1.66. The van der Waals surface area contributed by atoms with Crippen LogP contribution in [0.3, 0.4) is 0 Å². The zero-order valence-corrected chi connectivity index (χ0v) is 10.2. The first-order chi connectivity index (χ1) is 7.72. The highest BCUT2D eigenvalue weighted by atomic mass is 16.5. The number of hydrogen-bond acceptors (Lipinski definition) is 2. The molecule has 1 rings (SSSR count). The van der Waals surface area contributed by atoms with Crippen molar-refractivity contribution < 1.29 is 4.74 Å². The third kappa shape index (κ3) is 3.00. The minimum absolute atomic E-state index is 0.310. The first-order valence-corrected chi connectivity index (χ1v) is 5.73. The molecule has 16 heavy (non-hydrogen) atoms. The van der Waals surface area contributed by atoms with Crippen LogP contribution in [0.1, 0.15) is 38.2 Å². The van der Waals surface area contributed by atoms with Crippen molar-refractivity contribution in [2.45, 2.75) is 32.6 Å². The van der Waals surface area contributed by atoms with Crippen LogP contribution in [-0.2, 0) is 0 Å². The highest BCUT2D eigenvalue weighted by Gasteiger charge is 2.18. The summed E-state index contributed by atoms with van der Waals surface area (Å²) in [5.74, 6) is 1.69. The van der Waals surface area contributed by atoms with Crippen molar-refractivity contribution in [1.82, 2.24) is 0 Å². The molecular formula is C14H19NO. The van der Waals surface area contributed by atoms with Crippen LogP contribution in [0.15, 0.2) is 24.3 Å². The van der Waals surface area contributed by atoms with Gasteiger partial charge in [0.05, 0.1) is 13.2 Å². The van der Waals surface area contributed by atoms with Gasteiger partial charge in [-0.05, 0) is 29.5 Å². The van der Waals surface area contributed by atoms with E-state index >= 15 is 0 Å². The van der Waals surface area contributed by atoms with Crippen LogP contribution in [0, 0.1) is 17.2 Å². The molecular weight excluding hydrogens is 198 g/mol. The van der Waals surface area contributed by atoms with Crippen molar-refractivity contribution in [2.24, 2.45) is 5.92 Å². The Morgan fingerprint density at radius 2 is 2.19 bits per heavy atom. The molecule has 0 bridgehead atoms. The van der Waals surface area contributed by atoms with Crippen molar-refractivity contribution in [3.63, 3.8) is 0 Å². The second kappa shape index (κ2) is 6.17. The largest absolute Gasteiger partial charge is 0.497 e. The molecule has 86 valence electrons. The smallest absolute Gasteiger partial charge is 0.119 e. The van der Waals surface area contributed by atoms with E-state index in [1.165, 1.54) is 5.56 Å². The van der Waals surface area contributed by atoms with E-state index in [0.717, 1.165) is 12.2 Å². The van der Waals surface area contributed by atoms with Gasteiger partial charge in [-0.1, -0.05) is 32.4 Å². The molecule has 1 aromatic rings. The summed E-state index contributed by atoms with van der Waals surface area (Å²) in [5, 5.41) is 8.89. The average molecular weight is 217 g/mol. The molecule has 0 fully saturated rings. The minimum Gasteiger partial charge on any atom is -0.497 e. The SMILES string of the molecule is CCC(C)C(CC#N)c1cccc(OC)c1. The molecule has 0 aromatic heterocycles. The van der Waals surface area contributed by atoms with Gasteiger partial charge in [0.15, 0.2) is 0 Å². The van der Waals surface area contributed by atoms with Gasteiger partial charge in [-0.3, -0.25) is 0 Å². The van der Waals surface area contributed by atoms with Gasteiger partial charge in [-0.25, -0.2) is 0 Å². The molecule has 2 unspecified atom stereocenters. The van der Waals surface area contributed by atoms with E-state index in [9.17, 15) is 0 Å². The van der Waals surface area contributed by atoms with Crippen LogP contribution in [0.4, 0.5) is 0 Å². The van der Waals surface area contributed by atoms with Crippen LogP contribution < -0.4 is 4.74 Å². The monoisotopic (exact) mass is 217 g/mol. The summed E-state index contributed by atoms with van der Waals surface area (Å²) in [6, 6.07) is 10.3. The fourth-order valence-corrected chi connectivity index (χ4v) is 1.90. The van der Waals surface area contributed by atoms with Crippen molar-refractivity contribution in [3.8, 4) is 11.8 Å². The van der Waals surface area contributed by atoms with Crippen LogP contribution >= 0.6 is 0 Å². The maximum atomic E-state index is 8.89. The predicted molar refractivity (Wildman–Crippen MR) is 65.4 cm³/mol. The van der Waals surface area contributed by atoms with Gasteiger partial charge >= 0.3 is 0 Å². The highest BCUT2D eigenvalue weighted by Crippen LogP contribution is 2.31. The quantitative estimate of drug-likeness (QED) is 0.752. The Kier molecular flexibility index (Phi) is 4.85. The summed E-state index contributed by atoms with van der Waals surface area (Å²) in [6.45, 7) is 4.36. The Morgan fingerprint density at radius 1 is 1.44 bits per heavy atom. The number of rotatable bonds is 5. The molecule has 0 radical (unpaired) electrons. The molecule has 0 saturated carbocycles. The Balaban J connectivity index is 2.96. The second-order valence-corrected chi connectivity index (χ2v) is 4.13. The van der Waals surface area contributed by atoms with E-state index in [0.29, 0.717) is 18.3 Å². The summed E-state index contributed by atoms with van der Waals surface area (Å²) in [5.41, 5.74) is 1.20. The van der Waals surface area contributed by atoms with Crippen LogP contribution in [0.25, 0.3) is 0 Å². The van der Waals surface area contributed by atoms with Gasteiger partial charge < -0.3 is 4.74 Å². The van der Waals surface area contributed by atoms with Gasteiger partial charge in [0.25, 0.3) is 0 Å². The second-order valence-electron chi connectivity index (χ2n) is 4.13. The molecule has 2 heteroatoms. The molecule has 2 nitrogen and oxygen atoms in total. The van der Waals surface area contributed by atoms with Gasteiger partial charge in [-0.15, -0.1) is 0 Å². The van der Waals surface area contributed by atoms with Crippen LogP contribution in [0.5, 0.6) is 5.75 Å². The van der Waals surface area contributed by atoms with E-state index in [4.69, 9.17) is 10.00 Å². The summed E-state index contributed by atoms with van der Waals surface area (Å²) >= 11 is 0. The Labute approximate surface area is 97.9 Å². The number of benzene rings is 1. The van der Waals surface area contributed by atoms with Crippen molar-refractivity contribution in [1.29, 1.82) is 5.26 Å². The lowest BCUT2D eigenvalue weighted by atomic mass is 9.83. The standard InChI is InChI=1S/C14H19NO/c1-4-11(2)14(8-9-15)12-6-5-7-13(10-12)16-3/h5-7,10-11,14H,4,8H2,1-3H3. The van der Waals surface area contributed by atoms with Crippen LogP contribution in [-0.4, -0.2) is 7.11 Å². The van der Waals surface area contributed by atoms with E-state index in [2.05, 4.69) is 26.0 Å². The number of nitriles is 1. The normalized spacial score (nSPS) is 13.9. The summed E-state index contributed by atoms with van der Waals surface area (Å²) < 4.78 is 5.21. The topological polar surface area (TPSA) is 33.0 Å². The van der Waals surface area contributed by atoms with Gasteiger partial charge in [0, 0.05) is 6.42 Å². The van der Waals surface area contributed by atoms with Gasteiger partial charge in [-0.2, -0.15) is 5.26 Å². The molecule has 0 N–H and O–H groups in total. The molecule has 0 aliphatic carbocycles. The Hall–Kier alpha value is -1.49.